The third-order valence-corrected chi connectivity index (χ3v) is 5.77. The van der Waals surface area contributed by atoms with Crippen molar-refractivity contribution in [3.8, 4) is 0 Å². The SMILES string of the molecule is O=C(COC(=O)c1c2c(nc3ccccc13)/C(=C/c1ccco1)CC2)Nc1ccc(F)cc1[N+](=O)[O-]. The number of hydrogen-bond acceptors (Lipinski definition) is 7. The number of amides is 1. The number of anilines is 1. The van der Waals surface area contributed by atoms with Gasteiger partial charge in [0, 0.05) is 5.39 Å². The van der Waals surface area contributed by atoms with Crippen LogP contribution in [-0.2, 0) is 16.0 Å². The Hall–Kier alpha value is -4.86. The summed E-state index contributed by atoms with van der Waals surface area (Å²) in [4.78, 5) is 40.7. The molecule has 1 N–H and O–H groups in total. The van der Waals surface area contributed by atoms with Crippen molar-refractivity contribution in [2.45, 2.75) is 12.8 Å². The second-order valence-electron chi connectivity index (χ2n) is 8.06. The number of carbonyl (C=O) groups is 2. The van der Waals surface area contributed by atoms with Gasteiger partial charge in [-0.15, -0.1) is 0 Å². The lowest BCUT2D eigenvalue weighted by Crippen LogP contribution is -2.22. The van der Waals surface area contributed by atoms with Gasteiger partial charge in [-0.1, -0.05) is 18.2 Å². The highest BCUT2D eigenvalue weighted by Gasteiger charge is 2.28. The molecule has 0 radical (unpaired) electrons. The number of rotatable bonds is 6. The minimum Gasteiger partial charge on any atom is -0.465 e. The van der Waals surface area contributed by atoms with Gasteiger partial charge in [-0.25, -0.2) is 14.2 Å². The zero-order valence-corrected chi connectivity index (χ0v) is 18.7. The molecule has 2 aromatic carbocycles. The maximum atomic E-state index is 13.4. The number of benzene rings is 2. The fourth-order valence-electron chi connectivity index (χ4n) is 4.21. The second kappa shape index (κ2) is 9.41. The molecule has 0 bridgehead atoms. The Labute approximate surface area is 203 Å². The summed E-state index contributed by atoms with van der Waals surface area (Å²) in [6.07, 6.45) is 4.66. The van der Waals surface area contributed by atoms with Crippen molar-refractivity contribution in [2.75, 3.05) is 11.9 Å². The molecule has 9 nitrogen and oxygen atoms in total. The topological polar surface area (TPSA) is 125 Å². The number of halogens is 1. The minimum absolute atomic E-state index is 0.203. The van der Waals surface area contributed by atoms with Gasteiger partial charge >= 0.3 is 5.97 Å². The number of esters is 1. The highest BCUT2D eigenvalue weighted by molar-refractivity contribution is 6.08. The summed E-state index contributed by atoms with van der Waals surface area (Å²) in [5.41, 5.74) is 2.41. The summed E-state index contributed by atoms with van der Waals surface area (Å²) in [6.45, 7) is -0.687. The van der Waals surface area contributed by atoms with E-state index in [4.69, 9.17) is 14.1 Å². The lowest BCUT2D eigenvalue weighted by Gasteiger charge is -2.12. The summed E-state index contributed by atoms with van der Waals surface area (Å²) in [5, 5.41) is 14.0. The maximum Gasteiger partial charge on any atom is 0.339 e. The van der Waals surface area contributed by atoms with Crippen LogP contribution in [0.25, 0.3) is 22.6 Å². The highest BCUT2D eigenvalue weighted by Crippen LogP contribution is 2.38. The Morgan fingerprint density at radius 2 is 2.00 bits per heavy atom. The van der Waals surface area contributed by atoms with E-state index in [9.17, 15) is 24.1 Å². The lowest BCUT2D eigenvalue weighted by molar-refractivity contribution is -0.384. The molecule has 1 aliphatic carbocycles. The fraction of sp³-hybridized carbons (Fsp3) is 0.115. The minimum atomic E-state index is -0.815. The molecule has 0 spiro atoms. The number of nitro benzene ring substituents is 1. The van der Waals surface area contributed by atoms with E-state index in [-0.39, 0.29) is 5.69 Å². The third kappa shape index (κ3) is 4.43. The van der Waals surface area contributed by atoms with E-state index < -0.39 is 34.9 Å². The van der Waals surface area contributed by atoms with Gasteiger partial charge in [-0.3, -0.25) is 14.9 Å². The Kier molecular flexibility index (Phi) is 5.99. The molecule has 5 rings (SSSR count). The summed E-state index contributed by atoms with van der Waals surface area (Å²) >= 11 is 0. The molecule has 0 atom stereocenters. The molecular weight excluding hydrogens is 469 g/mol. The van der Waals surface area contributed by atoms with E-state index >= 15 is 0 Å². The van der Waals surface area contributed by atoms with Crippen LogP contribution in [-0.4, -0.2) is 28.4 Å². The van der Waals surface area contributed by atoms with Gasteiger partial charge < -0.3 is 14.5 Å². The van der Waals surface area contributed by atoms with Crippen molar-refractivity contribution >= 4 is 45.8 Å². The molecule has 10 heteroatoms. The molecule has 1 amide bonds. The van der Waals surface area contributed by atoms with Crippen LogP contribution in [0.2, 0.25) is 0 Å². The lowest BCUT2D eigenvalue weighted by atomic mass is 10.0. The van der Waals surface area contributed by atoms with Crippen molar-refractivity contribution in [1.29, 1.82) is 0 Å². The van der Waals surface area contributed by atoms with Crippen LogP contribution in [0.3, 0.4) is 0 Å². The van der Waals surface area contributed by atoms with Crippen molar-refractivity contribution in [2.24, 2.45) is 0 Å². The number of furan rings is 1. The van der Waals surface area contributed by atoms with Crippen LogP contribution in [0, 0.1) is 15.9 Å². The molecule has 0 saturated carbocycles. The molecule has 180 valence electrons. The number of ether oxygens (including phenoxy) is 1. The average Bonchev–Trinajstić information content (AvgIpc) is 3.52. The van der Waals surface area contributed by atoms with Gasteiger partial charge in [0.15, 0.2) is 6.61 Å². The predicted molar refractivity (Wildman–Crippen MR) is 129 cm³/mol. The predicted octanol–water partition coefficient (Wildman–Crippen LogP) is 5.16. The van der Waals surface area contributed by atoms with Crippen LogP contribution >= 0.6 is 0 Å². The zero-order valence-electron chi connectivity index (χ0n) is 18.7. The summed E-state index contributed by atoms with van der Waals surface area (Å²) < 4.78 is 24.1. The highest BCUT2D eigenvalue weighted by atomic mass is 19.1. The molecule has 2 heterocycles. The quantitative estimate of drug-likeness (QED) is 0.226. The first-order valence-electron chi connectivity index (χ1n) is 11.0. The van der Waals surface area contributed by atoms with Crippen LogP contribution in [0.15, 0.2) is 65.3 Å². The smallest absolute Gasteiger partial charge is 0.339 e. The second-order valence-corrected chi connectivity index (χ2v) is 8.06. The molecule has 36 heavy (non-hydrogen) atoms. The van der Waals surface area contributed by atoms with E-state index in [1.165, 1.54) is 0 Å². The van der Waals surface area contributed by atoms with Gasteiger partial charge in [-0.05, 0) is 60.4 Å². The van der Waals surface area contributed by atoms with Crippen LogP contribution in [0.4, 0.5) is 15.8 Å². The first kappa shape index (κ1) is 22.9. The number of hydrogen-bond donors (Lipinski definition) is 1. The average molecular weight is 487 g/mol. The van der Waals surface area contributed by atoms with E-state index in [1.54, 1.807) is 30.5 Å². The Balaban J connectivity index is 1.41. The van der Waals surface area contributed by atoms with Gasteiger partial charge in [0.2, 0.25) is 0 Å². The molecular formula is C26H18FN3O6. The third-order valence-electron chi connectivity index (χ3n) is 5.77. The molecule has 0 aliphatic heterocycles. The number of nitrogens with one attached hydrogen (secondary N) is 1. The Bertz CT molecular complexity index is 1550. The number of allylic oxidation sites excluding steroid dienone is 1. The monoisotopic (exact) mass is 487 g/mol. The van der Waals surface area contributed by atoms with E-state index in [1.807, 2.05) is 18.2 Å². The molecule has 0 fully saturated rings. The molecule has 1 aliphatic rings. The Morgan fingerprint density at radius 3 is 2.78 bits per heavy atom. The normalized spacial score (nSPS) is 13.5. The zero-order chi connectivity index (χ0) is 25.2. The molecule has 0 saturated heterocycles. The van der Waals surface area contributed by atoms with Crippen molar-refractivity contribution < 1.29 is 28.1 Å². The fourth-order valence-corrected chi connectivity index (χ4v) is 4.21. The summed E-state index contributed by atoms with van der Waals surface area (Å²) in [6, 6.07) is 13.5. The first-order chi connectivity index (χ1) is 17.4. The van der Waals surface area contributed by atoms with E-state index in [2.05, 4.69) is 5.32 Å². The van der Waals surface area contributed by atoms with Gasteiger partial charge in [0.1, 0.15) is 17.3 Å². The van der Waals surface area contributed by atoms with Gasteiger partial charge in [0.05, 0.1) is 34.0 Å². The molecule has 0 unspecified atom stereocenters. The van der Waals surface area contributed by atoms with E-state index in [0.717, 1.165) is 17.7 Å². The Morgan fingerprint density at radius 1 is 1.17 bits per heavy atom. The van der Waals surface area contributed by atoms with Crippen LogP contribution in [0.5, 0.6) is 0 Å². The number of carbonyl (C=O) groups excluding carboxylic acids is 2. The number of pyridine rings is 1. The summed E-state index contributed by atoms with van der Waals surface area (Å²) in [5.74, 6) is -1.66. The van der Waals surface area contributed by atoms with Crippen LogP contribution in [0.1, 0.15) is 33.8 Å². The van der Waals surface area contributed by atoms with Crippen LogP contribution < -0.4 is 5.32 Å². The van der Waals surface area contributed by atoms with Crippen molar-refractivity contribution in [3.63, 3.8) is 0 Å². The van der Waals surface area contributed by atoms with Gasteiger partial charge in [0.25, 0.3) is 11.6 Å². The number of para-hydroxylation sites is 1. The first-order valence-corrected chi connectivity index (χ1v) is 11.0. The summed E-state index contributed by atoms with van der Waals surface area (Å²) in [7, 11) is 0. The number of fused-ring (bicyclic) bond motifs is 2. The van der Waals surface area contributed by atoms with Crippen molar-refractivity contribution in [1.82, 2.24) is 4.98 Å². The van der Waals surface area contributed by atoms with E-state index in [0.29, 0.717) is 52.4 Å². The standard InChI is InChI=1S/C26H18FN3O6/c27-16-8-10-21(22(13-16)30(33)34)28-23(31)14-36-26(32)24-18-5-1-2-6-20(18)29-25-15(7-9-19(24)25)12-17-4-3-11-35-17/h1-6,8,10-13H,7,9,14H2,(H,28,31)/b15-12+. The number of aromatic nitrogens is 1. The number of nitrogens with zero attached hydrogens (tertiary/aromatic N) is 2. The molecule has 2 aromatic heterocycles. The van der Waals surface area contributed by atoms with Gasteiger partial charge in [-0.2, -0.15) is 0 Å². The van der Waals surface area contributed by atoms with Crippen molar-refractivity contribution in [3.05, 3.63) is 99.4 Å². The largest absolute Gasteiger partial charge is 0.465 e. The molecule has 4 aromatic rings. The maximum absolute atomic E-state index is 13.4. The number of nitro groups is 1.